The largest absolute Gasteiger partial charge is 0.396 e. The van der Waals surface area contributed by atoms with Crippen LogP contribution in [0.4, 0.5) is 0 Å². The van der Waals surface area contributed by atoms with Crippen molar-refractivity contribution in [1.29, 1.82) is 0 Å². The molecule has 0 aliphatic rings. The van der Waals surface area contributed by atoms with Crippen LogP contribution < -0.4 is 0 Å². The molecule has 0 amide bonds. The summed E-state index contributed by atoms with van der Waals surface area (Å²) in [5.41, 5.74) is 3.67. The Morgan fingerprint density at radius 2 is 1.77 bits per heavy atom. The fraction of sp³-hybridized carbons (Fsp3) is 0.455. The van der Waals surface area contributed by atoms with Gasteiger partial charge in [0.05, 0.1) is 0 Å². The van der Waals surface area contributed by atoms with Gasteiger partial charge in [0.25, 0.3) is 0 Å². The van der Waals surface area contributed by atoms with Gasteiger partial charge < -0.3 is 5.11 Å². The Hall–Kier alpha value is -0.132. The predicted octanol–water partition coefficient (Wildman–Crippen LogP) is 2.03. The summed E-state index contributed by atoms with van der Waals surface area (Å²) >= 11 is 0. The predicted molar refractivity (Wildman–Crippen MR) is 50.2 cm³/mol. The van der Waals surface area contributed by atoms with Gasteiger partial charge >= 0.3 is 0 Å². The van der Waals surface area contributed by atoms with Crippen LogP contribution in [0.3, 0.4) is 0 Å². The van der Waals surface area contributed by atoms with Crippen LogP contribution in [0.1, 0.15) is 23.1 Å². The molecule has 0 aromatic heterocycles. The van der Waals surface area contributed by atoms with E-state index in [1.54, 1.807) is 0 Å². The van der Waals surface area contributed by atoms with E-state index in [4.69, 9.17) is 5.11 Å². The van der Waals surface area contributed by atoms with Crippen LogP contribution in [-0.2, 0) is 27.5 Å². The SMILES string of the molecule is Cc1[c-]c(C)cc(CCCO)c1.[W]. The molecule has 0 saturated heterocycles. The molecule has 0 spiro atoms. The fourth-order valence-electron chi connectivity index (χ4n) is 1.41. The second-order valence-electron chi connectivity index (χ2n) is 3.18. The van der Waals surface area contributed by atoms with E-state index in [1.807, 2.05) is 0 Å². The maximum Gasteiger partial charge on any atom is 0.0433 e. The van der Waals surface area contributed by atoms with E-state index < -0.39 is 0 Å². The Morgan fingerprint density at radius 1 is 1.23 bits per heavy atom. The number of hydrogen-bond acceptors (Lipinski definition) is 1. The summed E-state index contributed by atoms with van der Waals surface area (Å²) in [6.07, 6.45) is 1.82. The van der Waals surface area contributed by atoms with Crippen LogP contribution >= 0.6 is 0 Å². The summed E-state index contributed by atoms with van der Waals surface area (Å²) in [5.74, 6) is 0. The smallest absolute Gasteiger partial charge is 0.0433 e. The van der Waals surface area contributed by atoms with Crippen LogP contribution in [0.2, 0.25) is 0 Å². The standard InChI is InChI=1S/C11H15O.W/c1-9-6-10(2)8-11(7-9)4-3-5-12;/h7-8,12H,3-5H2,1-2H3;/q-1;. The number of aryl methyl sites for hydroxylation is 3. The summed E-state index contributed by atoms with van der Waals surface area (Å²) in [5, 5.41) is 8.66. The van der Waals surface area contributed by atoms with Gasteiger partial charge in [0, 0.05) is 27.7 Å². The molecule has 13 heavy (non-hydrogen) atoms. The topological polar surface area (TPSA) is 20.2 Å². The fourth-order valence-corrected chi connectivity index (χ4v) is 1.41. The molecule has 1 N–H and O–H groups in total. The second kappa shape index (κ2) is 6.34. The molecule has 0 atom stereocenters. The first kappa shape index (κ1) is 12.9. The number of aliphatic hydroxyl groups excluding tert-OH is 1. The molecule has 0 fully saturated rings. The van der Waals surface area contributed by atoms with Crippen LogP contribution in [0.5, 0.6) is 0 Å². The third-order valence-electron chi connectivity index (χ3n) is 1.82. The molecule has 0 heterocycles. The minimum atomic E-state index is 0. The van der Waals surface area contributed by atoms with Gasteiger partial charge in [-0.3, -0.25) is 0 Å². The van der Waals surface area contributed by atoms with Gasteiger partial charge in [-0.15, -0.1) is 0 Å². The maximum absolute atomic E-state index is 8.66. The van der Waals surface area contributed by atoms with Gasteiger partial charge in [0.15, 0.2) is 0 Å². The average molecular weight is 347 g/mol. The molecule has 1 nitrogen and oxygen atoms in total. The Balaban J connectivity index is 0.00000144. The summed E-state index contributed by atoms with van der Waals surface area (Å²) in [4.78, 5) is 0. The van der Waals surface area contributed by atoms with E-state index in [-0.39, 0.29) is 27.7 Å². The molecule has 0 aliphatic carbocycles. The van der Waals surface area contributed by atoms with Crippen molar-refractivity contribution in [2.24, 2.45) is 0 Å². The van der Waals surface area contributed by atoms with Crippen molar-refractivity contribution >= 4 is 0 Å². The molecule has 1 aromatic carbocycles. The molecule has 2 heteroatoms. The minimum absolute atomic E-state index is 0. The van der Waals surface area contributed by atoms with Gasteiger partial charge in [-0.1, -0.05) is 13.8 Å². The van der Waals surface area contributed by atoms with Crippen molar-refractivity contribution < 1.29 is 26.2 Å². The first-order valence-electron chi connectivity index (χ1n) is 4.32. The van der Waals surface area contributed by atoms with Crippen LogP contribution in [0.25, 0.3) is 0 Å². The molecule has 72 valence electrons. The van der Waals surface area contributed by atoms with Crippen LogP contribution in [-0.4, -0.2) is 11.7 Å². The second-order valence-corrected chi connectivity index (χ2v) is 3.18. The zero-order valence-corrected chi connectivity index (χ0v) is 11.1. The van der Waals surface area contributed by atoms with Gasteiger partial charge in [-0.2, -0.15) is 34.9 Å². The monoisotopic (exact) mass is 347 g/mol. The van der Waals surface area contributed by atoms with E-state index in [0.717, 1.165) is 12.8 Å². The summed E-state index contributed by atoms with van der Waals surface area (Å²) in [6, 6.07) is 7.48. The van der Waals surface area contributed by atoms with Crippen molar-refractivity contribution in [3.63, 3.8) is 0 Å². The number of hydrogen-bond donors (Lipinski definition) is 1. The Bertz CT molecular complexity index is 238. The van der Waals surface area contributed by atoms with Crippen LogP contribution in [0, 0.1) is 19.9 Å². The first-order chi connectivity index (χ1) is 5.72. The average Bonchev–Trinajstić information content (AvgIpc) is 1.99. The van der Waals surface area contributed by atoms with Crippen molar-refractivity contribution in [2.45, 2.75) is 26.7 Å². The third-order valence-corrected chi connectivity index (χ3v) is 1.82. The van der Waals surface area contributed by atoms with Crippen molar-refractivity contribution in [2.75, 3.05) is 6.61 Å². The van der Waals surface area contributed by atoms with E-state index >= 15 is 0 Å². The van der Waals surface area contributed by atoms with Crippen molar-refractivity contribution in [3.05, 3.63) is 34.9 Å². The van der Waals surface area contributed by atoms with Crippen molar-refractivity contribution in [1.82, 2.24) is 0 Å². The summed E-state index contributed by atoms with van der Waals surface area (Å²) in [7, 11) is 0. The number of aliphatic hydroxyl groups is 1. The Kier molecular flexibility index (Phi) is 6.28. The van der Waals surface area contributed by atoms with Crippen molar-refractivity contribution in [3.8, 4) is 0 Å². The Labute approximate surface area is 94.4 Å². The molecule has 0 radical (unpaired) electrons. The summed E-state index contributed by atoms with van der Waals surface area (Å²) < 4.78 is 0. The number of benzene rings is 1. The minimum Gasteiger partial charge on any atom is -0.396 e. The molecular formula is C11H15OW-. The molecule has 0 bridgehead atoms. The van der Waals surface area contributed by atoms with Crippen LogP contribution in [0.15, 0.2) is 12.1 Å². The molecular weight excluding hydrogens is 332 g/mol. The van der Waals surface area contributed by atoms with Gasteiger partial charge in [0.1, 0.15) is 0 Å². The van der Waals surface area contributed by atoms with E-state index in [0.29, 0.717) is 0 Å². The van der Waals surface area contributed by atoms with Gasteiger partial charge in [-0.05, 0) is 12.8 Å². The molecule has 0 saturated carbocycles. The molecule has 0 aliphatic heterocycles. The normalized spacial score (nSPS) is 9.46. The zero-order valence-electron chi connectivity index (χ0n) is 8.13. The molecule has 1 aromatic rings. The number of rotatable bonds is 3. The van der Waals surface area contributed by atoms with E-state index in [9.17, 15) is 0 Å². The molecule has 1 rings (SSSR count). The third kappa shape index (κ3) is 4.59. The quantitative estimate of drug-likeness (QED) is 0.830. The van der Waals surface area contributed by atoms with Gasteiger partial charge in [-0.25, -0.2) is 0 Å². The molecule has 0 unspecified atom stereocenters. The van der Waals surface area contributed by atoms with E-state index in [1.165, 1.54) is 16.7 Å². The van der Waals surface area contributed by atoms with E-state index in [2.05, 4.69) is 32.0 Å². The Morgan fingerprint density at radius 3 is 2.23 bits per heavy atom. The van der Waals surface area contributed by atoms with Gasteiger partial charge in [0.2, 0.25) is 0 Å². The maximum atomic E-state index is 8.66. The summed E-state index contributed by atoms with van der Waals surface area (Å²) in [6.45, 7) is 4.38. The first-order valence-corrected chi connectivity index (χ1v) is 4.32. The zero-order chi connectivity index (χ0) is 8.97.